The standard InChI is InChI=1S/C15H19N3OS/c1-10-11(2)20-14(17-10)12-5-4-8-18(9-12)15(19)13-6-3-7-16-13/h3,6-7,12,16H,4-5,8-9H2,1-2H3/t12-/m1/s1. The summed E-state index contributed by atoms with van der Waals surface area (Å²) in [4.78, 5) is 23.3. The molecule has 2 aromatic heterocycles. The highest BCUT2D eigenvalue weighted by atomic mass is 32.1. The van der Waals surface area contributed by atoms with Crippen LogP contribution in [-0.2, 0) is 0 Å². The average molecular weight is 289 g/mol. The second-order valence-electron chi connectivity index (χ2n) is 5.37. The topological polar surface area (TPSA) is 49.0 Å². The summed E-state index contributed by atoms with van der Waals surface area (Å²) in [6, 6.07) is 3.70. The van der Waals surface area contributed by atoms with Gasteiger partial charge in [-0.05, 0) is 38.8 Å². The normalized spacial score (nSPS) is 19.3. The number of carbonyl (C=O) groups excluding carboxylic acids is 1. The molecule has 0 bridgehead atoms. The van der Waals surface area contributed by atoms with Crippen LogP contribution < -0.4 is 0 Å². The molecule has 1 fully saturated rings. The predicted molar refractivity (Wildman–Crippen MR) is 80.3 cm³/mol. The van der Waals surface area contributed by atoms with Gasteiger partial charge in [0, 0.05) is 30.1 Å². The van der Waals surface area contributed by atoms with E-state index in [4.69, 9.17) is 0 Å². The Morgan fingerprint density at radius 2 is 2.35 bits per heavy atom. The second kappa shape index (κ2) is 5.40. The van der Waals surface area contributed by atoms with Crippen molar-refractivity contribution in [2.24, 2.45) is 0 Å². The van der Waals surface area contributed by atoms with Gasteiger partial charge >= 0.3 is 0 Å². The number of nitrogens with zero attached hydrogens (tertiary/aromatic N) is 2. The summed E-state index contributed by atoms with van der Waals surface area (Å²) in [5.41, 5.74) is 1.80. The summed E-state index contributed by atoms with van der Waals surface area (Å²) in [5, 5.41) is 1.18. The molecule has 4 nitrogen and oxygen atoms in total. The van der Waals surface area contributed by atoms with Crippen LogP contribution >= 0.6 is 11.3 Å². The molecule has 0 aromatic carbocycles. The summed E-state index contributed by atoms with van der Waals surface area (Å²) in [7, 11) is 0. The lowest BCUT2D eigenvalue weighted by atomic mass is 9.98. The average Bonchev–Trinajstić information content (AvgIpc) is 3.09. The number of piperidine rings is 1. The number of amides is 1. The summed E-state index contributed by atoms with van der Waals surface area (Å²) < 4.78 is 0. The van der Waals surface area contributed by atoms with Crippen molar-refractivity contribution in [2.75, 3.05) is 13.1 Å². The SMILES string of the molecule is Cc1nc([C@@H]2CCCN(C(=O)c3ccc[nH]3)C2)sc1C. The Morgan fingerprint density at radius 3 is 3.00 bits per heavy atom. The lowest BCUT2D eigenvalue weighted by molar-refractivity contribution is 0.0702. The molecule has 1 amide bonds. The molecule has 1 N–H and O–H groups in total. The van der Waals surface area contributed by atoms with Gasteiger partial charge in [-0.2, -0.15) is 0 Å². The van der Waals surface area contributed by atoms with Gasteiger partial charge in [0.25, 0.3) is 5.91 Å². The highest BCUT2D eigenvalue weighted by Crippen LogP contribution is 2.31. The third-order valence-electron chi connectivity index (χ3n) is 3.93. The number of H-pyrrole nitrogens is 1. The Kier molecular flexibility index (Phi) is 3.61. The van der Waals surface area contributed by atoms with E-state index in [-0.39, 0.29) is 5.91 Å². The fourth-order valence-corrected chi connectivity index (χ4v) is 3.72. The van der Waals surface area contributed by atoms with Gasteiger partial charge in [-0.15, -0.1) is 11.3 Å². The molecule has 106 valence electrons. The van der Waals surface area contributed by atoms with E-state index in [1.807, 2.05) is 17.0 Å². The Morgan fingerprint density at radius 1 is 1.50 bits per heavy atom. The number of nitrogens with one attached hydrogen (secondary N) is 1. The molecule has 0 saturated carbocycles. The van der Waals surface area contributed by atoms with Crippen molar-refractivity contribution in [1.82, 2.24) is 14.9 Å². The fourth-order valence-electron chi connectivity index (χ4n) is 2.67. The van der Waals surface area contributed by atoms with Crippen molar-refractivity contribution in [2.45, 2.75) is 32.6 Å². The zero-order valence-corrected chi connectivity index (χ0v) is 12.7. The number of aromatic nitrogens is 2. The number of likely N-dealkylation sites (tertiary alicyclic amines) is 1. The monoisotopic (exact) mass is 289 g/mol. The van der Waals surface area contributed by atoms with Gasteiger partial charge in [-0.25, -0.2) is 4.98 Å². The third-order valence-corrected chi connectivity index (χ3v) is 5.17. The van der Waals surface area contributed by atoms with Crippen molar-refractivity contribution < 1.29 is 4.79 Å². The number of hydrogen-bond donors (Lipinski definition) is 1. The first-order valence-corrected chi connectivity index (χ1v) is 7.83. The van der Waals surface area contributed by atoms with Crippen molar-refractivity contribution in [3.05, 3.63) is 39.6 Å². The van der Waals surface area contributed by atoms with E-state index in [0.717, 1.165) is 31.6 Å². The Bertz CT molecular complexity index is 583. The van der Waals surface area contributed by atoms with Gasteiger partial charge in [-0.3, -0.25) is 4.79 Å². The molecule has 20 heavy (non-hydrogen) atoms. The maximum Gasteiger partial charge on any atom is 0.270 e. The maximum absolute atomic E-state index is 12.4. The molecule has 0 radical (unpaired) electrons. The van der Waals surface area contributed by atoms with Crippen molar-refractivity contribution in [3.8, 4) is 0 Å². The molecular formula is C15H19N3OS. The zero-order valence-electron chi connectivity index (χ0n) is 11.8. The summed E-state index contributed by atoms with van der Waals surface area (Å²) in [6.45, 7) is 5.79. The Hall–Kier alpha value is -1.62. The van der Waals surface area contributed by atoms with Crippen LogP contribution in [0.4, 0.5) is 0 Å². The van der Waals surface area contributed by atoms with Crippen LogP contribution in [0.2, 0.25) is 0 Å². The molecule has 5 heteroatoms. The number of aromatic amines is 1. The molecule has 3 rings (SSSR count). The Balaban J connectivity index is 1.75. The minimum atomic E-state index is 0.102. The molecular weight excluding hydrogens is 270 g/mol. The molecule has 0 aliphatic carbocycles. The third kappa shape index (κ3) is 2.50. The van der Waals surface area contributed by atoms with Gasteiger partial charge in [0.1, 0.15) is 5.69 Å². The van der Waals surface area contributed by atoms with E-state index < -0.39 is 0 Å². The molecule has 1 aliphatic heterocycles. The number of aryl methyl sites for hydroxylation is 2. The van der Waals surface area contributed by atoms with E-state index >= 15 is 0 Å². The smallest absolute Gasteiger partial charge is 0.270 e. The van der Waals surface area contributed by atoms with Crippen LogP contribution in [0.25, 0.3) is 0 Å². The van der Waals surface area contributed by atoms with Crippen LogP contribution in [0.3, 0.4) is 0 Å². The van der Waals surface area contributed by atoms with Gasteiger partial charge in [0.15, 0.2) is 0 Å². The number of rotatable bonds is 2. The summed E-state index contributed by atoms with van der Waals surface area (Å²) in [6.07, 6.45) is 3.97. The Labute approximate surface area is 122 Å². The zero-order chi connectivity index (χ0) is 14.1. The van der Waals surface area contributed by atoms with Crippen LogP contribution in [-0.4, -0.2) is 33.9 Å². The first-order valence-electron chi connectivity index (χ1n) is 7.01. The largest absolute Gasteiger partial charge is 0.357 e. The molecule has 1 saturated heterocycles. The second-order valence-corrected chi connectivity index (χ2v) is 6.60. The van der Waals surface area contributed by atoms with Crippen LogP contribution in [0, 0.1) is 13.8 Å². The van der Waals surface area contributed by atoms with Crippen LogP contribution in [0.1, 0.15) is 44.8 Å². The lowest BCUT2D eigenvalue weighted by Crippen LogP contribution is -2.39. The summed E-state index contributed by atoms with van der Waals surface area (Å²) in [5.74, 6) is 0.491. The van der Waals surface area contributed by atoms with Gasteiger partial charge in [0.05, 0.1) is 10.7 Å². The first kappa shape index (κ1) is 13.4. The van der Waals surface area contributed by atoms with E-state index in [2.05, 4.69) is 23.8 Å². The summed E-state index contributed by atoms with van der Waals surface area (Å²) >= 11 is 1.78. The highest BCUT2D eigenvalue weighted by molar-refractivity contribution is 7.11. The molecule has 0 spiro atoms. The minimum Gasteiger partial charge on any atom is -0.357 e. The van der Waals surface area contributed by atoms with Crippen LogP contribution in [0.15, 0.2) is 18.3 Å². The highest BCUT2D eigenvalue weighted by Gasteiger charge is 2.27. The number of hydrogen-bond acceptors (Lipinski definition) is 3. The fraction of sp³-hybridized carbons (Fsp3) is 0.467. The molecule has 3 heterocycles. The van der Waals surface area contributed by atoms with Gasteiger partial charge in [0.2, 0.25) is 0 Å². The molecule has 1 atom stereocenters. The predicted octanol–water partition coefficient (Wildman–Crippen LogP) is 3.11. The van der Waals surface area contributed by atoms with Crippen molar-refractivity contribution >= 4 is 17.2 Å². The van der Waals surface area contributed by atoms with E-state index in [1.54, 1.807) is 17.5 Å². The van der Waals surface area contributed by atoms with Crippen molar-refractivity contribution in [1.29, 1.82) is 0 Å². The van der Waals surface area contributed by atoms with Crippen molar-refractivity contribution in [3.63, 3.8) is 0 Å². The molecule has 0 unspecified atom stereocenters. The first-order chi connectivity index (χ1) is 9.65. The van der Waals surface area contributed by atoms with E-state index in [1.165, 1.54) is 9.88 Å². The molecule has 2 aromatic rings. The quantitative estimate of drug-likeness (QED) is 0.923. The lowest BCUT2D eigenvalue weighted by Gasteiger charge is -2.31. The maximum atomic E-state index is 12.4. The number of carbonyl (C=O) groups is 1. The van der Waals surface area contributed by atoms with Gasteiger partial charge < -0.3 is 9.88 Å². The molecule has 1 aliphatic rings. The van der Waals surface area contributed by atoms with Crippen LogP contribution in [0.5, 0.6) is 0 Å². The minimum absolute atomic E-state index is 0.102. The van der Waals surface area contributed by atoms with Gasteiger partial charge in [-0.1, -0.05) is 0 Å². The van der Waals surface area contributed by atoms with E-state index in [0.29, 0.717) is 11.6 Å². The van der Waals surface area contributed by atoms with E-state index in [9.17, 15) is 4.79 Å². The number of thiazole rings is 1.